The van der Waals surface area contributed by atoms with Crippen LogP contribution < -0.4 is 5.32 Å². The number of hydrogen-bond donors (Lipinski definition) is 1. The lowest BCUT2D eigenvalue weighted by Crippen LogP contribution is -2.19. The van der Waals surface area contributed by atoms with Gasteiger partial charge >= 0.3 is 0 Å². The van der Waals surface area contributed by atoms with Crippen molar-refractivity contribution in [1.29, 1.82) is 0 Å². The average Bonchev–Trinajstić information content (AvgIpc) is 2.72. The van der Waals surface area contributed by atoms with Gasteiger partial charge in [0.05, 0.1) is 17.4 Å². The van der Waals surface area contributed by atoms with Gasteiger partial charge in [-0.2, -0.15) is 5.10 Å². The SMILES string of the molecule is Cc1nn(C)cc1NC1CCC(C)c2ccccc21. The number of fused-ring (bicyclic) bond motifs is 1. The predicted octanol–water partition coefficient (Wildman–Crippen LogP) is 3.78. The minimum absolute atomic E-state index is 0.412. The molecule has 0 saturated heterocycles. The molecule has 0 radical (unpaired) electrons. The first-order valence-corrected chi connectivity index (χ1v) is 7.00. The van der Waals surface area contributed by atoms with Crippen LogP contribution in [-0.2, 0) is 7.05 Å². The van der Waals surface area contributed by atoms with Gasteiger partial charge in [-0.1, -0.05) is 31.2 Å². The van der Waals surface area contributed by atoms with Crippen molar-refractivity contribution in [2.24, 2.45) is 7.05 Å². The highest BCUT2D eigenvalue weighted by atomic mass is 15.3. The lowest BCUT2D eigenvalue weighted by molar-refractivity contribution is 0.534. The quantitative estimate of drug-likeness (QED) is 0.885. The molecule has 1 aromatic heterocycles. The maximum absolute atomic E-state index is 4.40. The molecule has 3 nitrogen and oxygen atoms in total. The van der Waals surface area contributed by atoms with E-state index < -0.39 is 0 Å². The zero-order valence-electron chi connectivity index (χ0n) is 11.9. The highest BCUT2D eigenvalue weighted by Gasteiger charge is 2.24. The molecule has 2 atom stereocenters. The smallest absolute Gasteiger partial charge is 0.0825 e. The first kappa shape index (κ1) is 12.3. The molecule has 0 aliphatic heterocycles. The van der Waals surface area contributed by atoms with Crippen LogP contribution in [0.4, 0.5) is 5.69 Å². The van der Waals surface area contributed by atoms with Gasteiger partial charge in [0, 0.05) is 13.2 Å². The summed E-state index contributed by atoms with van der Waals surface area (Å²) in [5.74, 6) is 0.671. The highest BCUT2D eigenvalue weighted by molar-refractivity contribution is 5.49. The van der Waals surface area contributed by atoms with E-state index in [1.807, 2.05) is 11.7 Å². The maximum atomic E-state index is 4.40. The summed E-state index contributed by atoms with van der Waals surface area (Å²) in [5.41, 5.74) is 5.16. The van der Waals surface area contributed by atoms with Crippen LogP contribution in [0.1, 0.15) is 48.5 Å². The summed E-state index contributed by atoms with van der Waals surface area (Å²) >= 11 is 0. The topological polar surface area (TPSA) is 29.9 Å². The number of hydrogen-bond acceptors (Lipinski definition) is 2. The van der Waals surface area contributed by atoms with Gasteiger partial charge in [0.25, 0.3) is 0 Å². The van der Waals surface area contributed by atoms with Gasteiger partial charge in [0.15, 0.2) is 0 Å². The molecule has 100 valence electrons. The lowest BCUT2D eigenvalue weighted by atomic mass is 9.81. The van der Waals surface area contributed by atoms with Crippen LogP contribution in [0.5, 0.6) is 0 Å². The van der Waals surface area contributed by atoms with E-state index in [0.717, 1.165) is 11.4 Å². The molecule has 3 heteroatoms. The minimum atomic E-state index is 0.412. The average molecular weight is 255 g/mol. The second-order valence-corrected chi connectivity index (χ2v) is 5.61. The number of nitrogens with one attached hydrogen (secondary N) is 1. The van der Waals surface area contributed by atoms with E-state index in [2.05, 4.69) is 54.7 Å². The van der Waals surface area contributed by atoms with Crippen LogP contribution in [0.2, 0.25) is 0 Å². The number of benzene rings is 1. The second-order valence-electron chi connectivity index (χ2n) is 5.61. The summed E-state index contributed by atoms with van der Waals surface area (Å²) in [6.07, 6.45) is 4.50. The lowest BCUT2D eigenvalue weighted by Gasteiger charge is -2.30. The Bertz CT molecular complexity index is 585. The standard InChI is InChI=1S/C16H21N3/c1-11-8-9-15(14-7-5-4-6-13(11)14)17-16-10-19(3)18-12(16)2/h4-7,10-11,15,17H,8-9H2,1-3H3. The molecular formula is C16H21N3. The van der Waals surface area contributed by atoms with Gasteiger partial charge in [-0.25, -0.2) is 0 Å². The Hall–Kier alpha value is -1.77. The van der Waals surface area contributed by atoms with Crippen molar-refractivity contribution in [2.45, 2.75) is 38.6 Å². The Balaban J connectivity index is 1.91. The molecule has 0 fully saturated rings. The van der Waals surface area contributed by atoms with E-state index in [4.69, 9.17) is 0 Å². The molecule has 0 amide bonds. The molecule has 3 rings (SSSR count). The van der Waals surface area contributed by atoms with Gasteiger partial charge in [0.1, 0.15) is 0 Å². The molecule has 1 aliphatic rings. The van der Waals surface area contributed by atoms with Gasteiger partial charge in [0.2, 0.25) is 0 Å². The first-order chi connectivity index (χ1) is 9.15. The van der Waals surface area contributed by atoms with Crippen molar-refractivity contribution in [3.05, 3.63) is 47.3 Å². The molecule has 2 unspecified atom stereocenters. The Labute approximate surface area is 114 Å². The van der Waals surface area contributed by atoms with E-state index in [-0.39, 0.29) is 0 Å². The minimum Gasteiger partial charge on any atom is -0.375 e. The molecule has 19 heavy (non-hydrogen) atoms. The van der Waals surface area contributed by atoms with Crippen LogP contribution in [0, 0.1) is 6.92 Å². The van der Waals surface area contributed by atoms with Crippen molar-refractivity contribution in [1.82, 2.24) is 9.78 Å². The van der Waals surface area contributed by atoms with E-state index >= 15 is 0 Å². The summed E-state index contributed by atoms with van der Waals surface area (Å²) in [6.45, 7) is 4.38. The van der Waals surface area contributed by atoms with Crippen LogP contribution in [0.15, 0.2) is 30.5 Å². The van der Waals surface area contributed by atoms with Crippen molar-refractivity contribution in [3.63, 3.8) is 0 Å². The molecule has 0 bridgehead atoms. The third kappa shape index (κ3) is 2.25. The largest absolute Gasteiger partial charge is 0.375 e. The molecular weight excluding hydrogens is 234 g/mol. The molecule has 0 spiro atoms. The number of aromatic nitrogens is 2. The molecule has 1 heterocycles. The summed E-state index contributed by atoms with van der Waals surface area (Å²) in [4.78, 5) is 0. The van der Waals surface area contributed by atoms with E-state index in [9.17, 15) is 0 Å². The fourth-order valence-electron chi connectivity index (χ4n) is 3.08. The first-order valence-electron chi connectivity index (χ1n) is 7.00. The molecule has 1 aromatic carbocycles. The predicted molar refractivity (Wildman–Crippen MR) is 78.4 cm³/mol. The fourth-order valence-corrected chi connectivity index (χ4v) is 3.08. The zero-order valence-corrected chi connectivity index (χ0v) is 11.9. The van der Waals surface area contributed by atoms with E-state index in [0.29, 0.717) is 12.0 Å². The van der Waals surface area contributed by atoms with Crippen molar-refractivity contribution in [2.75, 3.05) is 5.32 Å². The Morgan fingerprint density at radius 2 is 1.95 bits per heavy atom. The molecule has 0 saturated carbocycles. The Kier molecular flexibility index (Phi) is 3.05. The van der Waals surface area contributed by atoms with Crippen LogP contribution in [0.25, 0.3) is 0 Å². The highest BCUT2D eigenvalue weighted by Crippen LogP contribution is 2.38. The molecule has 2 aromatic rings. The van der Waals surface area contributed by atoms with E-state index in [1.54, 1.807) is 0 Å². The zero-order chi connectivity index (χ0) is 13.4. The van der Waals surface area contributed by atoms with Crippen molar-refractivity contribution < 1.29 is 0 Å². The van der Waals surface area contributed by atoms with Crippen LogP contribution >= 0.6 is 0 Å². The van der Waals surface area contributed by atoms with Crippen molar-refractivity contribution >= 4 is 5.69 Å². The molecule has 1 N–H and O–H groups in total. The number of anilines is 1. The summed E-state index contributed by atoms with van der Waals surface area (Å²) in [5, 5.41) is 8.07. The van der Waals surface area contributed by atoms with Crippen molar-refractivity contribution in [3.8, 4) is 0 Å². The van der Waals surface area contributed by atoms with Crippen LogP contribution in [-0.4, -0.2) is 9.78 Å². The van der Waals surface area contributed by atoms with Gasteiger partial charge < -0.3 is 5.32 Å². The summed E-state index contributed by atoms with van der Waals surface area (Å²) in [6, 6.07) is 9.22. The Morgan fingerprint density at radius 1 is 1.21 bits per heavy atom. The second kappa shape index (κ2) is 4.72. The van der Waals surface area contributed by atoms with Gasteiger partial charge in [-0.3, -0.25) is 4.68 Å². The molecule has 1 aliphatic carbocycles. The third-order valence-electron chi connectivity index (χ3n) is 4.13. The maximum Gasteiger partial charge on any atom is 0.0825 e. The van der Waals surface area contributed by atoms with E-state index in [1.165, 1.54) is 24.0 Å². The van der Waals surface area contributed by atoms with Gasteiger partial charge in [-0.15, -0.1) is 0 Å². The normalized spacial score (nSPS) is 22.1. The van der Waals surface area contributed by atoms with Gasteiger partial charge in [-0.05, 0) is 36.8 Å². The third-order valence-corrected chi connectivity index (χ3v) is 4.13. The number of nitrogens with zero attached hydrogens (tertiary/aromatic N) is 2. The summed E-state index contributed by atoms with van der Waals surface area (Å²) < 4.78 is 1.87. The van der Waals surface area contributed by atoms with Crippen LogP contribution in [0.3, 0.4) is 0 Å². The Morgan fingerprint density at radius 3 is 2.63 bits per heavy atom. The fraction of sp³-hybridized carbons (Fsp3) is 0.438. The monoisotopic (exact) mass is 255 g/mol. The number of rotatable bonds is 2. The summed E-state index contributed by atoms with van der Waals surface area (Å²) in [7, 11) is 1.97. The number of aryl methyl sites for hydroxylation is 2.